The second kappa shape index (κ2) is 7.99. The van der Waals surface area contributed by atoms with E-state index in [4.69, 9.17) is 17.2 Å². The second-order valence-corrected chi connectivity index (χ2v) is 9.18. The molecule has 0 unspecified atom stereocenters. The maximum atomic E-state index is 9.82. The number of rotatable bonds is 4. The molecule has 1 fully saturated rings. The molecule has 162 valence electrons. The van der Waals surface area contributed by atoms with Gasteiger partial charge < -0.3 is 15.3 Å². The highest BCUT2D eigenvalue weighted by Crippen LogP contribution is 2.43. The van der Waals surface area contributed by atoms with Crippen LogP contribution in [0.1, 0.15) is 23.5 Å². The first-order chi connectivity index (χ1) is 16.2. The average Bonchev–Trinajstić information content (AvgIpc) is 3.56. The number of para-hydroxylation sites is 1. The molecule has 0 aliphatic carbocycles. The Bertz CT molecular complexity index is 1410. The highest BCUT2D eigenvalue weighted by molar-refractivity contribution is 7.80. The molecule has 1 aliphatic rings. The molecule has 0 bridgehead atoms. The first kappa shape index (κ1) is 19.9. The summed E-state index contributed by atoms with van der Waals surface area (Å²) in [4.78, 5) is 11.6. The smallest absolute Gasteiger partial charge is 0.194 e. The molecular formula is C25H19N5OS2. The van der Waals surface area contributed by atoms with Crippen LogP contribution in [-0.4, -0.2) is 24.8 Å². The third-order valence-electron chi connectivity index (χ3n) is 5.80. The Balaban J connectivity index is 1.51. The lowest BCUT2D eigenvalue weighted by atomic mass is 10.0. The molecule has 6 nitrogen and oxygen atoms in total. The van der Waals surface area contributed by atoms with Gasteiger partial charge >= 0.3 is 0 Å². The summed E-state index contributed by atoms with van der Waals surface area (Å²) in [6, 6.07) is 25.0. The second-order valence-electron chi connectivity index (χ2n) is 7.78. The molecule has 33 heavy (non-hydrogen) atoms. The molecule has 1 saturated heterocycles. The lowest BCUT2D eigenvalue weighted by molar-refractivity contribution is 0.475. The Hall–Kier alpha value is -3.75. The number of nitrogens with one attached hydrogen (secondary N) is 1. The van der Waals surface area contributed by atoms with Gasteiger partial charge in [-0.2, -0.15) is 0 Å². The number of anilines is 1. The van der Waals surface area contributed by atoms with Crippen molar-refractivity contribution in [2.75, 3.05) is 4.90 Å². The predicted molar refractivity (Wildman–Crippen MR) is 135 cm³/mol. The van der Waals surface area contributed by atoms with Crippen molar-refractivity contribution < 1.29 is 5.11 Å². The van der Waals surface area contributed by atoms with E-state index in [-0.39, 0.29) is 17.8 Å². The number of thiazole rings is 1. The summed E-state index contributed by atoms with van der Waals surface area (Å²) in [5.74, 6) is 0.215. The Kier molecular flexibility index (Phi) is 4.82. The number of nitrogens with zero attached hydrogens (tertiary/aromatic N) is 4. The van der Waals surface area contributed by atoms with Crippen molar-refractivity contribution in [1.82, 2.24) is 19.9 Å². The van der Waals surface area contributed by atoms with Gasteiger partial charge in [0.05, 0.1) is 27.6 Å². The SMILES string of the molecule is Oc1ccc(N2C(=S)N[C@@H](c3ccccn3)[C@@H]2c2cccn2-c2nc3ccccc3s2)cc1. The van der Waals surface area contributed by atoms with E-state index in [9.17, 15) is 5.11 Å². The minimum absolute atomic E-state index is 0.157. The molecule has 2 aromatic carbocycles. The first-order valence-electron chi connectivity index (χ1n) is 10.5. The van der Waals surface area contributed by atoms with Crippen molar-refractivity contribution >= 4 is 44.6 Å². The van der Waals surface area contributed by atoms with Crippen LogP contribution in [0.2, 0.25) is 0 Å². The summed E-state index contributed by atoms with van der Waals surface area (Å²) < 4.78 is 3.28. The van der Waals surface area contributed by atoms with Gasteiger partial charge in [-0.25, -0.2) is 4.98 Å². The third-order valence-corrected chi connectivity index (χ3v) is 7.15. The fraction of sp³-hybridized carbons (Fsp3) is 0.0800. The molecule has 0 amide bonds. The molecule has 8 heteroatoms. The van der Waals surface area contributed by atoms with Crippen LogP contribution in [0.5, 0.6) is 5.75 Å². The topological polar surface area (TPSA) is 66.2 Å². The van der Waals surface area contributed by atoms with Crippen LogP contribution in [0.25, 0.3) is 15.3 Å². The van der Waals surface area contributed by atoms with E-state index in [0.29, 0.717) is 5.11 Å². The molecule has 0 radical (unpaired) electrons. The minimum atomic E-state index is -0.168. The van der Waals surface area contributed by atoms with E-state index in [1.165, 1.54) is 0 Å². The Morgan fingerprint density at radius 3 is 2.55 bits per heavy atom. The average molecular weight is 470 g/mol. The standard InChI is InChI=1S/C25H19N5OS2/c31-17-12-10-16(11-13-17)30-23(22(28-24(30)32)19-7-3-4-14-26-19)20-8-5-15-29(20)25-27-18-6-1-2-9-21(18)33-25/h1-15,22-23,31H,(H,28,32)/t22-,23-/m0/s1. The van der Waals surface area contributed by atoms with Crippen LogP contribution in [-0.2, 0) is 0 Å². The number of aromatic nitrogens is 3. The summed E-state index contributed by atoms with van der Waals surface area (Å²) in [7, 11) is 0. The van der Waals surface area contributed by atoms with E-state index < -0.39 is 0 Å². The van der Waals surface area contributed by atoms with Crippen molar-refractivity contribution in [2.24, 2.45) is 0 Å². The van der Waals surface area contributed by atoms with Gasteiger partial charge in [-0.15, -0.1) is 0 Å². The van der Waals surface area contributed by atoms with Crippen molar-refractivity contribution in [1.29, 1.82) is 0 Å². The van der Waals surface area contributed by atoms with Crippen LogP contribution in [0.15, 0.2) is 91.3 Å². The van der Waals surface area contributed by atoms with Crippen LogP contribution in [0.3, 0.4) is 0 Å². The first-order valence-corrected chi connectivity index (χ1v) is 11.7. The van der Waals surface area contributed by atoms with E-state index in [0.717, 1.165) is 32.4 Å². The lowest BCUT2D eigenvalue weighted by Crippen LogP contribution is -2.30. The summed E-state index contributed by atoms with van der Waals surface area (Å²) in [6.45, 7) is 0. The number of thiocarbonyl (C=S) groups is 1. The maximum Gasteiger partial charge on any atom is 0.194 e. The van der Waals surface area contributed by atoms with E-state index in [1.807, 2.05) is 60.8 Å². The van der Waals surface area contributed by atoms with Crippen molar-refractivity contribution in [3.63, 3.8) is 0 Å². The van der Waals surface area contributed by atoms with Crippen LogP contribution >= 0.6 is 23.6 Å². The number of hydrogen-bond acceptors (Lipinski definition) is 5. The number of hydrogen-bond donors (Lipinski definition) is 2. The molecule has 6 rings (SSSR count). The number of phenols is 1. The number of fused-ring (bicyclic) bond motifs is 1. The number of pyridine rings is 1. The van der Waals surface area contributed by atoms with Gasteiger partial charge in [0.2, 0.25) is 0 Å². The zero-order valence-corrected chi connectivity index (χ0v) is 19.0. The Labute approximate surface area is 199 Å². The summed E-state index contributed by atoms with van der Waals surface area (Å²) in [5.41, 5.74) is 3.83. The maximum absolute atomic E-state index is 9.82. The van der Waals surface area contributed by atoms with Crippen molar-refractivity contribution in [2.45, 2.75) is 12.1 Å². The Morgan fingerprint density at radius 1 is 0.939 bits per heavy atom. The van der Waals surface area contributed by atoms with Gasteiger partial charge in [-0.05, 0) is 72.9 Å². The monoisotopic (exact) mass is 469 g/mol. The van der Waals surface area contributed by atoms with Gasteiger partial charge in [-0.3, -0.25) is 9.55 Å². The largest absolute Gasteiger partial charge is 0.508 e. The molecule has 2 N–H and O–H groups in total. The van der Waals surface area contributed by atoms with Crippen LogP contribution in [0.4, 0.5) is 5.69 Å². The van der Waals surface area contributed by atoms with Gasteiger partial charge in [0.25, 0.3) is 0 Å². The molecule has 0 saturated carbocycles. The normalized spacial score (nSPS) is 18.1. The van der Waals surface area contributed by atoms with E-state index >= 15 is 0 Å². The molecule has 4 heterocycles. The molecule has 5 aromatic rings. The van der Waals surface area contributed by atoms with Gasteiger partial charge in [-0.1, -0.05) is 29.5 Å². The Morgan fingerprint density at radius 2 is 1.76 bits per heavy atom. The molecule has 2 atom stereocenters. The summed E-state index contributed by atoms with van der Waals surface area (Å²) >= 11 is 7.45. The molecule has 0 spiro atoms. The van der Waals surface area contributed by atoms with Gasteiger partial charge in [0.1, 0.15) is 11.8 Å². The van der Waals surface area contributed by atoms with Gasteiger partial charge in [0.15, 0.2) is 10.2 Å². The predicted octanol–water partition coefficient (Wildman–Crippen LogP) is 5.36. The number of benzene rings is 2. The highest BCUT2D eigenvalue weighted by atomic mass is 32.1. The number of aromatic hydroxyl groups is 1. The van der Waals surface area contributed by atoms with Crippen LogP contribution < -0.4 is 10.2 Å². The minimum Gasteiger partial charge on any atom is -0.508 e. The quantitative estimate of drug-likeness (QED) is 0.345. The van der Waals surface area contributed by atoms with Crippen molar-refractivity contribution in [3.05, 3.63) is 103 Å². The summed E-state index contributed by atoms with van der Waals surface area (Å²) in [5, 5.41) is 14.8. The molecular weight excluding hydrogens is 450 g/mol. The fourth-order valence-corrected chi connectivity index (χ4v) is 5.64. The van der Waals surface area contributed by atoms with Gasteiger partial charge in [0, 0.05) is 18.1 Å². The lowest BCUT2D eigenvalue weighted by Gasteiger charge is -2.28. The van der Waals surface area contributed by atoms with E-state index in [1.54, 1.807) is 29.7 Å². The third kappa shape index (κ3) is 3.44. The zero-order chi connectivity index (χ0) is 22.4. The number of phenolic OH excluding ortho intramolecular Hbond substituents is 1. The van der Waals surface area contributed by atoms with Crippen molar-refractivity contribution in [3.8, 4) is 10.9 Å². The fourth-order valence-electron chi connectivity index (χ4n) is 4.32. The highest BCUT2D eigenvalue weighted by Gasteiger charge is 2.42. The zero-order valence-electron chi connectivity index (χ0n) is 17.4. The molecule has 3 aromatic heterocycles. The van der Waals surface area contributed by atoms with Crippen LogP contribution in [0, 0.1) is 0 Å². The molecule has 1 aliphatic heterocycles. The summed E-state index contributed by atoms with van der Waals surface area (Å²) in [6.07, 6.45) is 3.84. The van der Waals surface area contributed by atoms with E-state index in [2.05, 4.69) is 31.9 Å².